The van der Waals surface area contributed by atoms with E-state index in [2.05, 4.69) is 20.3 Å². The molecule has 3 rings (SSSR count). The number of rotatable bonds is 9. The van der Waals surface area contributed by atoms with E-state index in [0.717, 1.165) is 0 Å². The van der Waals surface area contributed by atoms with E-state index < -0.39 is 36.1 Å². The first-order valence-corrected chi connectivity index (χ1v) is 10.2. The molecule has 0 bridgehead atoms. The maximum Gasteiger partial charge on any atom is 0.302 e. The van der Waals surface area contributed by atoms with Gasteiger partial charge in [0, 0.05) is 19.4 Å². The van der Waals surface area contributed by atoms with Crippen molar-refractivity contribution < 1.29 is 34.0 Å². The molecule has 1 aliphatic heterocycles. The first-order chi connectivity index (χ1) is 15.2. The molecular weight excluding hydrogens is 426 g/mol. The summed E-state index contributed by atoms with van der Waals surface area (Å²) in [5.74, 6) is -1.12. The summed E-state index contributed by atoms with van der Waals surface area (Å²) in [5, 5.41) is 23.4. The number of fused-ring (bicyclic) bond motifs is 1. The number of amides is 1. The molecule has 0 saturated carbocycles. The largest absolute Gasteiger partial charge is 0.463 e. The molecule has 4 atom stereocenters. The van der Waals surface area contributed by atoms with Crippen molar-refractivity contribution in [2.24, 2.45) is 5.92 Å². The molecule has 1 amide bonds. The standard InChI is InChI=1S/C19H27N5O8/c1-9(2)16(28)22-19-21-15-12(17(29)23-19)20-8-24(15)18-14(27)13(26)11(32-18)4-5-30-6-7-31-10(3)25/h8-9,11,13-14,18,26-27H,4-7H2,1-3H3,(H2,21,22,23,28,29)/t11-,13-,14-,18-/m1/s1. The highest BCUT2D eigenvalue weighted by atomic mass is 16.6. The van der Waals surface area contributed by atoms with Crippen molar-refractivity contribution in [2.45, 2.75) is 51.7 Å². The maximum absolute atomic E-state index is 12.3. The number of anilines is 1. The number of carbonyl (C=O) groups is 2. The Balaban J connectivity index is 1.71. The van der Waals surface area contributed by atoms with E-state index in [4.69, 9.17) is 14.2 Å². The smallest absolute Gasteiger partial charge is 0.302 e. The second kappa shape index (κ2) is 10.2. The molecule has 1 saturated heterocycles. The molecule has 13 nitrogen and oxygen atoms in total. The van der Waals surface area contributed by atoms with Crippen molar-refractivity contribution in [3.63, 3.8) is 0 Å². The van der Waals surface area contributed by atoms with Gasteiger partial charge in [-0.05, 0) is 6.42 Å². The number of hydrogen-bond acceptors (Lipinski definition) is 10. The SMILES string of the molecule is CC(=O)OCCOCC[C@H]1O[C@@H](n2cnc3c(=O)[nH]c(NC(=O)C(C)C)nc32)[C@H](O)[C@@H]1O. The van der Waals surface area contributed by atoms with Crippen molar-refractivity contribution in [1.82, 2.24) is 19.5 Å². The molecule has 0 aliphatic carbocycles. The van der Waals surface area contributed by atoms with Crippen LogP contribution in [0.4, 0.5) is 5.95 Å². The summed E-state index contributed by atoms with van der Waals surface area (Å²) in [5.41, 5.74) is -0.490. The van der Waals surface area contributed by atoms with Crippen LogP contribution in [-0.4, -0.2) is 79.7 Å². The Labute approximate surface area is 182 Å². The number of aromatic nitrogens is 4. The molecule has 4 N–H and O–H groups in total. The van der Waals surface area contributed by atoms with Crippen molar-refractivity contribution in [3.8, 4) is 0 Å². The number of H-pyrrole nitrogens is 1. The molecule has 1 aliphatic rings. The fourth-order valence-corrected chi connectivity index (χ4v) is 3.18. The summed E-state index contributed by atoms with van der Waals surface area (Å²) >= 11 is 0. The number of imidazole rings is 1. The fourth-order valence-electron chi connectivity index (χ4n) is 3.18. The highest BCUT2D eigenvalue weighted by Crippen LogP contribution is 2.32. The lowest BCUT2D eigenvalue weighted by Gasteiger charge is -2.17. The lowest BCUT2D eigenvalue weighted by Crippen LogP contribution is -2.32. The molecule has 2 aromatic heterocycles. The number of aliphatic hydroxyl groups excluding tert-OH is 2. The quantitative estimate of drug-likeness (QED) is 0.280. The van der Waals surface area contributed by atoms with Gasteiger partial charge in [0.1, 0.15) is 18.8 Å². The monoisotopic (exact) mass is 453 g/mol. The van der Waals surface area contributed by atoms with Crippen LogP contribution in [0.2, 0.25) is 0 Å². The third-order valence-corrected chi connectivity index (χ3v) is 4.89. The van der Waals surface area contributed by atoms with Gasteiger partial charge in [-0.15, -0.1) is 0 Å². The first-order valence-electron chi connectivity index (χ1n) is 10.2. The summed E-state index contributed by atoms with van der Waals surface area (Å²) in [6.07, 6.45) is -2.78. The van der Waals surface area contributed by atoms with Gasteiger partial charge in [0.05, 0.1) is 19.0 Å². The Morgan fingerprint density at radius 1 is 1.28 bits per heavy atom. The van der Waals surface area contributed by atoms with Crippen molar-refractivity contribution in [1.29, 1.82) is 0 Å². The van der Waals surface area contributed by atoms with Crippen LogP contribution in [0.3, 0.4) is 0 Å². The third kappa shape index (κ3) is 5.30. The summed E-state index contributed by atoms with van der Waals surface area (Å²) in [4.78, 5) is 45.7. The van der Waals surface area contributed by atoms with Gasteiger partial charge in [-0.2, -0.15) is 4.98 Å². The predicted octanol–water partition coefficient (Wildman–Crippen LogP) is -0.697. The number of ether oxygens (including phenoxy) is 3. The fraction of sp³-hybridized carbons (Fsp3) is 0.632. The average molecular weight is 453 g/mol. The lowest BCUT2D eigenvalue weighted by molar-refractivity contribution is -0.142. The summed E-state index contributed by atoms with van der Waals surface area (Å²) < 4.78 is 17.2. The van der Waals surface area contributed by atoms with Gasteiger partial charge in [0.15, 0.2) is 17.4 Å². The number of nitrogens with zero attached hydrogens (tertiary/aromatic N) is 3. The lowest BCUT2D eigenvalue weighted by atomic mass is 10.1. The number of hydrogen-bond donors (Lipinski definition) is 4. The Hall–Kier alpha value is -2.87. The summed E-state index contributed by atoms with van der Waals surface area (Å²) in [7, 11) is 0. The normalized spacial score (nSPS) is 23.1. The Morgan fingerprint density at radius 3 is 2.72 bits per heavy atom. The Morgan fingerprint density at radius 2 is 2.03 bits per heavy atom. The number of nitrogens with one attached hydrogen (secondary N) is 2. The molecule has 0 aromatic carbocycles. The van der Waals surface area contributed by atoms with Crippen molar-refractivity contribution >= 4 is 29.0 Å². The summed E-state index contributed by atoms with van der Waals surface area (Å²) in [6, 6.07) is 0. The van der Waals surface area contributed by atoms with Gasteiger partial charge in [0.25, 0.3) is 5.56 Å². The van der Waals surface area contributed by atoms with E-state index >= 15 is 0 Å². The van der Waals surface area contributed by atoms with Gasteiger partial charge < -0.3 is 24.4 Å². The second-order valence-corrected chi connectivity index (χ2v) is 7.67. The van der Waals surface area contributed by atoms with E-state index in [0.29, 0.717) is 0 Å². The molecule has 0 spiro atoms. The molecule has 0 radical (unpaired) electrons. The Bertz CT molecular complexity index is 1020. The van der Waals surface area contributed by atoms with Crippen molar-refractivity contribution in [3.05, 3.63) is 16.7 Å². The van der Waals surface area contributed by atoms with E-state index in [1.54, 1.807) is 13.8 Å². The first kappa shape index (κ1) is 23.8. The minimum atomic E-state index is -1.31. The zero-order chi connectivity index (χ0) is 23.4. The van der Waals surface area contributed by atoms with Crippen LogP contribution < -0.4 is 10.9 Å². The van der Waals surface area contributed by atoms with Gasteiger partial charge in [-0.1, -0.05) is 13.8 Å². The molecule has 2 aromatic rings. The topological polar surface area (TPSA) is 178 Å². The van der Waals surface area contributed by atoms with Crippen LogP contribution in [-0.2, 0) is 23.8 Å². The molecule has 176 valence electrons. The molecule has 1 fully saturated rings. The van der Waals surface area contributed by atoms with E-state index in [9.17, 15) is 24.6 Å². The van der Waals surface area contributed by atoms with Gasteiger partial charge in [-0.3, -0.25) is 29.3 Å². The van der Waals surface area contributed by atoms with Crippen LogP contribution in [0.1, 0.15) is 33.4 Å². The second-order valence-electron chi connectivity index (χ2n) is 7.67. The predicted molar refractivity (Wildman–Crippen MR) is 110 cm³/mol. The highest BCUT2D eigenvalue weighted by molar-refractivity contribution is 5.91. The third-order valence-electron chi connectivity index (χ3n) is 4.89. The molecule has 0 unspecified atom stereocenters. The minimum absolute atomic E-state index is 0.00455. The van der Waals surface area contributed by atoms with Crippen molar-refractivity contribution in [2.75, 3.05) is 25.1 Å². The Kier molecular flexibility index (Phi) is 7.56. The highest BCUT2D eigenvalue weighted by Gasteiger charge is 2.44. The molecule has 32 heavy (non-hydrogen) atoms. The van der Waals surface area contributed by atoms with E-state index in [1.165, 1.54) is 17.8 Å². The van der Waals surface area contributed by atoms with Crippen LogP contribution in [0.5, 0.6) is 0 Å². The van der Waals surface area contributed by atoms with Crippen LogP contribution >= 0.6 is 0 Å². The van der Waals surface area contributed by atoms with E-state index in [-0.39, 0.29) is 55.2 Å². The molecule has 13 heteroatoms. The summed E-state index contributed by atoms with van der Waals surface area (Å²) in [6.45, 7) is 5.20. The number of aliphatic hydroxyl groups is 2. The van der Waals surface area contributed by atoms with E-state index in [1.807, 2.05) is 0 Å². The number of esters is 1. The average Bonchev–Trinajstić information content (AvgIpc) is 3.26. The minimum Gasteiger partial charge on any atom is -0.463 e. The van der Waals surface area contributed by atoms with Gasteiger partial charge in [-0.25, -0.2) is 4.98 Å². The number of carbonyl (C=O) groups excluding carboxylic acids is 2. The van der Waals surface area contributed by atoms with Gasteiger partial charge >= 0.3 is 5.97 Å². The van der Waals surface area contributed by atoms with Crippen LogP contribution in [0.25, 0.3) is 11.2 Å². The van der Waals surface area contributed by atoms with Crippen LogP contribution in [0, 0.1) is 5.92 Å². The zero-order valence-corrected chi connectivity index (χ0v) is 18.0. The van der Waals surface area contributed by atoms with Crippen LogP contribution in [0.15, 0.2) is 11.1 Å². The maximum atomic E-state index is 12.3. The molecular formula is C19H27N5O8. The number of aromatic amines is 1. The zero-order valence-electron chi connectivity index (χ0n) is 18.0. The molecule has 3 heterocycles. The van der Waals surface area contributed by atoms with Gasteiger partial charge in [0.2, 0.25) is 11.9 Å².